The lowest BCUT2D eigenvalue weighted by Gasteiger charge is -2.23. The third-order valence-electron chi connectivity index (χ3n) is 3.98. The van der Waals surface area contributed by atoms with Crippen LogP contribution in [0.25, 0.3) is 0 Å². The van der Waals surface area contributed by atoms with Gasteiger partial charge in [-0.1, -0.05) is 6.07 Å². The zero-order valence-corrected chi connectivity index (χ0v) is 14.8. The van der Waals surface area contributed by atoms with Crippen LogP contribution < -0.4 is 14.8 Å². The summed E-state index contributed by atoms with van der Waals surface area (Å²) in [6.45, 7) is 2.10. The molecular formula is C18H22N2O3S. The lowest BCUT2D eigenvalue weighted by Crippen LogP contribution is -2.33. The van der Waals surface area contributed by atoms with Crippen molar-refractivity contribution in [3.8, 4) is 11.5 Å². The standard InChI is InChI=1S/C18H22N2O3S/c1-20(2)14(18-4-3-9-24-18)11-19-12-15(21)13-5-6-16-17(10-13)23-8-7-22-16/h3-6,9-10,14,19H,7-8,11-12H2,1-2H3. The summed E-state index contributed by atoms with van der Waals surface area (Å²) in [6.07, 6.45) is 0. The van der Waals surface area contributed by atoms with Gasteiger partial charge in [-0.25, -0.2) is 0 Å². The molecule has 0 fully saturated rings. The molecule has 2 heterocycles. The first-order valence-corrected chi connectivity index (χ1v) is 8.86. The molecule has 1 aliphatic heterocycles. The molecule has 0 amide bonds. The summed E-state index contributed by atoms with van der Waals surface area (Å²) in [5.41, 5.74) is 0.643. The van der Waals surface area contributed by atoms with Crippen molar-refractivity contribution in [1.82, 2.24) is 10.2 Å². The Morgan fingerprint density at radius 1 is 1.25 bits per heavy atom. The van der Waals surface area contributed by atoms with Gasteiger partial charge >= 0.3 is 0 Å². The number of nitrogens with one attached hydrogen (secondary N) is 1. The Morgan fingerprint density at radius 2 is 2.04 bits per heavy atom. The topological polar surface area (TPSA) is 50.8 Å². The van der Waals surface area contributed by atoms with Crippen LogP contribution in [0.2, 0.25) is 0 Å². The van der Waals surface area contributed by atoms with E-state index in [-0.39, 0.29) is 11.8 Å². The van der Waals surface area contributed by atoms with Gasteiger partial charge in [0.1, 0.15) is 13.2 Å². The number of nitrogens with zero attached hydrogens (tertiary/aromatic N) is 1. The molecule has 1 unspecified atom stereocenters. The van der Waals surface area contributed by atoms with E-state index in [1.54, 1.807) is 29.5 Å². The first kappa shape index (κ1) is 17.0. The molecule has 1 atom stereocenters. The summed E-state index contributed by atoms with van der Waals surface area (Å²) in [4.78, 5) is 15.8. The monoisotopic (exact) mass is 346 g/mol. The van der Waals surface area contributed by atoms with E-state index in [1.807, 2.05) is 0 Å². The van der Waals surface area contributed by atoms with E-state index >= 15 is 0 Å². The molecule has 1 aliphatic rings. The van der Waals surface area contributed by atoms with Crippen LogP contribution in [0.5, 0.6) is 11.5 Å². The molecule has 24 heavy (non-hydrogen) atoms. The van der Waals surface area contributed by atoms with Crippen molar-refractivity contribution in [1.29, 1.82) is 0 Å². The van der Waals surface area contributed by atoms with E-state index in [1.165, 1.54) is 4.88 Å². The highest BCUT2D eigenvalue weighted by Crippen LogP contribution is 2.30. The fraction of sp³-hybridized carbons (Fsp3) is 0.389. The highest BCUT2D eigenvalue weighted by atomic mass is 32.1. The lowest BCUT2D eigenvalue weighted by atomic mass is 10.1. The number of hydrogen-bond acceptors (Lipinski definition) is 6. The van der Waals surface area contributed by atoms with Crippen molar-refractivity contribution in [2.75, 3.05) is 40.4 Å². The Kier molecular flexibility index (Phi) is 5.50. The molecule has 0 spiro atoms. The van der Waals surface area contributed by atoms with E-state index in [0.29, 0.717) is 36.8 Å². The Morgan fingerprint density at radius 3 is 2.75 bits per heavy atom. The molecule has 128 valence electrons. The average Bonchev–Trinajstić information content (AvgIpc) is 3.11. The number of carbonyl (C=O) groups is 1. The highest BCUT2D eigenvalue weighted by molar-refractivity contribution is 7.10. The molecule has 3 rings (SSSR count). The van der Waals surface area contributed by atoms with Crippen LogP contribution in [0, 0.1) is 0 Å². The van der Waals surface area contributed by atoms with Crippen molar-refractivity contribution in [2.45, 2.75) is 6.04 Å². The number of fused-ring (bicyclic) bond motifs is 1. The van der Waals surface area contributed by atoms with Gasteiger partial charge in [0.25, 0.3) is 0 Å². The maximum Gasteiger partial charge on any atom is 0.176 e. The third-order valence-corrected chi connectivity index (χ3v) is 4.96. The normalized spacial score (nSPS) is 14.6. The predicted molar refractivity (Wildman–Crippen MR) is 95.4 cm³/mol. The minimum absolute atomic E-state index is 0.0515. The molecule has 0 saturated carbocycles. The summed E-state index contributed by atoms with van der Waals surface area (Å²) >= 11 is 1.73. The predicted octanol–water partition coefficient (Wildman–Crippen LogP) is 2.59. The first-order chi connectivity index (χ1) is 11.6. The SMILES string of the molecule is CN(C)C(CNCC(=O)c1ccc2c(c1)OCCO2)c1cccs1. The van der Waals surface area contributed by atoms with Gasteiger partial charge < -0.3 is 19.7 Å². The summed E-state index contributed by atoms with van der Waals surface area (Å²) in [5, 5.41) is 5.35. The number of thiophene rings is 1. The minimum Gasteiger partial charge on any atom is -0.486 e. The van der Waals surface area contributed by atoms with Crippen molar-refractivity contribution >= 4 is 17.1 Å². The fourth-order valence-corrected chi connectivity index (χ4v) is 3.58. The minimum atomic E-state index is 0.0515. The van der Waals surface area contributed by atoms with Crippen LogP contribution in [0.4, 0.5) is 0 Å². The van der Waals surface area contributed by atoms with Crippen LogP contribution in [0.3, 0.4) is 0 Å². The van der Waals surface area contributed by atoms with Crippen molar-refractivity contribution < 1.29 is 14.3 Å². The van der Waals surface area contributed by atoms with E-state index in [0.717, 1.165) is 6.54 Å². The Bertz CT molecular complexity index is 686. The molecular weight excluding hydrogens is 324 g/mol. The van der Waals surface area contributed by atoms with Crippen LogP contribution in [0.1, 0.15) is 21.3 Å². The molecule has 1 aromatic carbocycles. The number of likely N-dealkylation sites (N-methyl/N-ethyl adjacent to an activating group) is 1. The molecule has 0 aliphatic carbocycles. The molecule has 2 aromatic rings. The second-order valence-electron chi connectivity index (χ2n) is 5.91. The van der Waals surface area contributed by atoms with Crippen molar-refractivity contribution in [2.24, 2.45) is 0 Å². The average molecular weight is 346 g/mol. The van der Waals surface area contributed by atoms with E-state index in [4.69, 9.17) is 9.47 Å². The number of ketones is 1. The highest BCUT2D eigenvalue weighted by Gasteiger charge is 2.17. The Hall–Kier alpha value is -1.89. The Labute approximate surface area is 146 Å². The number of benzene rings is 1. The van der Waals surface area contributed by atoms with Crippen LogP contribution >= 0.6 is 11.3 Å². The van der Waals surface area contributed by atoms with E-state index in [2.05, 4.69) is 41.8 Å². The molecule has 0 bridgehead atoms. The van der Waals surface area contributed by atoms with Gasteiger partial charge in [0.2, 0.25) is 0 Å². The second-order valence-corrected chi connectivity index (χ2v) is 6.89. The number of hydrogen-bond donors (Lipinski definition) is 1. The number of ether oxygens (including phenoxy) is 2. The number of carbonyl (C=O) groups excluding carboxylic acids is 1. The first-order valence-electron chi connectivity index (χ1n) is 7.98. The lowest BCUT2D eigenvalue weighted by molar-refractivity contribution is 0.0987. The van der Waals surface area contributed by atoms with Crippen LogP contribution in [-0.2, 0) is 0 Å². The van der Waals surface area contributed by atoms with Gasteiger partial charge in [-0.15, -0.1) is 11.3 Å². The number of Topliss-reactive ketones (excluding diaryl/α,β-unsaturated/α-hetero) is 1. The van der Waals surface area contributed by atoms with Gasteiger partial charge in [-0.2, -0.15) is 0 Å². The second kappa shape index (κ2) is 7.79. The molecule has 5 nitrogen and oxygen atoms in total. The largest absolute Gasteiger partial charge is 0.486 e. The molecule has 6 heteroatoms. The smallest absolute Gasteiger partial charge is 0.176 e. The zero-order valence-electron chi connectivity index (χ0n) is 14.0. The molecule has 0 radical (unpaired) electrons. The fourth-order valence-electron chi connectivity index (χ4n) is 2.66. The third kappa shape index (κ3) is 3.95. The maximum atomic E-state index is 12.4. The van der Waals surface area contributed by atoms with Crippen molar-refractivity contribution in [3.05, 3.63) is 46.2 Å². The molecule has 1 aromatic heterocycles. The Balaban J connectivity index is 1.57. The maximum absolute atomic E-state index is 12.4. The van der Waals surface area contributed by atoms with Gasteiger partial charge in [-0.3, -0.25) is 4.79 Å². The molecule has 0 saturated heterocycles. The summed E-state index contributed by atoms with van der Waals surface area (Å²) in [5.74, 6) is 1.41. The van der Waals surface area contributed by atoms with Crippen LogP contribution in [0.15, 0.2) is 35.7 Å². The summed E-state index contributed by atoms with van der Waals surface area (Å²) < 4.78 is 11.0. The van der Waals surface area contributed by atoms with Crippen LogP contribution in [-0.4, -0.2) is 51.1 Å². The van der Waals surface area contributed by atoms with Crippen molar-refractivity contribution in [3.63, 3.8) is 0 Å². The zero-order chi connectivity index (χ0) is 16.9. The van der Waals surface area contributed by atoms with Gasteiger partial charge in [0.15, 0.2) is 17.3 Å². The summed E-state index contributed by atoms with van der Waals surface area (Å²) in [7, 11) is 4.10. The van der Waals surface area contributed by atoms with E-state index in [9.17, 15) is 4.79 Å². The molecule has 1 N–H and O–H groups in total. The van der Waals surface area contributed by atoms with Gasteiger partial charge in [0, 0.05) is 17.0 Å². The van der Waals surface area contributed by atoms with Gasteiger partial charge in [0.05, 0.1) is 12.6 Å². The number of rotatable bonds is 7. The van der Waals surface area contributed by atoms with E-state index < -0.39 is 0 Å². The quantitative estimate of drug-likeness (QED) is 0.781. The van der Waals surface area contributed by atoms with Gasteiger partial charge in [-0.05, 0) is 43.7 Å². The summed E-state index contributed by atoms with van der Waals surface area (Å²) in [6, 6.07) is 9.80.